The Balaban J connectivity index is 1.50. The number of aliphatic hydroxyl groups is 1. The quantitative estimate of drug-likeness (QED) is 0.676. The van der Waals surface area contributed by atoms with Crippen molar-refractivity contribution in [3.05, 3.63) is 66.0 Å². The lowest BCUT2D eigenvalue weighted by Crippen LogP contribution is -2.54. The Labute approximate surface area is 176 Å². The number of carbonyl (C=O) groups excluding carboxylic acids is 1. The summed E-state index contributed by atoms with van der Waals surface area (Å²) in [5, 5.41) is 11.3. The Morgan fingerprint density at radius 1 is 1.20 bits per heavy atom. The van der Waals surface area contributed by atoms with Crippen molar-refractivity contribution < 1.29 is 9.90 Å². The molecule has 0 bridgehead atoms. The number of likely N-dealkylation sites (N-methyl/N-ethyl adjacent to an activating group) is 1. The summed E-state index contributed by atoms with van der Waals surface area (Å²) < 4.78 is 0. The van der Waals surface area contributed by atoms with E-state index in [0.717, 1.165) is 35.2 Å². The fourth-order valence-electron chi connectivity index (χ4n) is 4.18. The van der Waals surface area contributed by atoms with E-state index in [9.17, 15) is 9.90 Å². The van der Waals surface area contributed by atoms with Crippen LogP contribution in [0.1, 0.15) is 28.8 Å². The fourth-order valence-corrected chi connectivity index (χ4v) is 4.18. The summed E-state index contributed by atoms with van der Waals surface area (Å²) in [7, 11) is 1.74. The molecule has 0 radical (unpaired) electrons. The predicted molar refractivity (Wildman–Crippen MR) is 117 cm³/mol. The zero-order chi connectivity index (χ0) is 21.1. The van der Waals surface area contributed by atoms with Crippen LogP contribution in [-0.4, -0.2) is 58.2 Å². The molecule has 7 nitrogen and oxygen atoms in total. The van der Waals surface area contributed by atoms with Crippen LogP contribution in [-0.2, 0) is 6.54 Å². The van der Waals surface area contributed by atoms with Gasteiger partial charge in [0, 0.05) is 44.6 Å². The van der Waals surface area contributed by atoms with Crippen LogP contribution in [0.15, 0.2) is 54.9 Å². The van der Waals surface area contributed by atoms with Crippen LogP contribution in [0.5, 0.6) is 0 Å². The molecule has 0 spiro atoms. The molecule has 1 atom stereocenters. The molecular weight excluding hydrogens is 378 g/mol. The number of β-amino-alcohol motifs (C(OH)–C–C–N with tert-alkyl or cyclic N) is 1. The number of hydrogen-bond donors (Lipinski definition) is 2. The van der Waals surface area contributed by atoms with Gasteiger partial charge in [0.15, 0.2) is 0 Å². The Hall–Kier alpha value is -3.03. The van der Waals surface area contributed by atoms with Crippen molar-refractivity contribution in [2.24, 2.45) is 5.73 Å². The third-order valence-electron chi connectivity index (χ3n) is 5.69. The maximum absolute atomic E-state index is 12.8. The van der Waals surface area contributed by atoms with Gasteiger partial charge in [-0.05, 0) is 48.7 Å². The van der Waals surface area contributed by atoms with Crippen LogP contribution in [0.4, 0.5) is 5.69 Å². The Morgan fingerprint density at radius 3 is 2.77 bits per heavy atom. The van der Waals surface area contributed by atoms with E-state index in [4.69, 9.17) is 5.73 Å². The lowest BCUT2D eigenvalue weighted by Gasteiger charge is -2.42. The number of fused-ring (bicyclic) bond motifs is 1. The molecule has 7 heteroatoms. The summed E-state index contributed by atoms with van der Waals surface area (Å²) in [4.78, 5) is 25.5. The zero-order valence-electron chi connectivity index (χ0n) is 17.2. The van der Waals surface area contributed by atoms with Gasteiger partial charge in [-0.2, -0.15) is 0 Å². The molecule has 3 aromatic rings. The van der Waals surface area contributed by atoms with Crippen molar-refractivity contribution in [3.8, 4) is 0 Å². The second-order valence-electron chi connectivity index (χ2n) is 8.01. The lowest BCUT2D eigenvalue weighted by atomic mass is 9.91. The molecule has 0 unspecified atom stereocenters. The number of piperidine rings is 1. The molecule has 1 aliphatic heterocycles. The molecule has 1 saturated heterocycles. The minimum atomic E-state index is -0.996. The first-order valence-electron chi connectivity index (χ1n) is 10.2. The van der Waals surface area contributed by atoms with Crippen molar-refractivity contribution in [2.75, 3.05) is 31.6 Å². The topological polar surface area (TPSA) is 95.6 Å². The van der Waals surface area contributed by atoms with Gasteiger partial charge < -0.3 is 20.6 Å². The van der Waals surface area contributed by atoms with Crippen LogP contribution < -0.4 is 10.6 Å². The van der Waals surface area contributed by atoms with Crippen molar-refractivity contribution in [1.82, 2.24) is 14.9 Å². The van der Waals surface area contributed by atoms with Crippen molar-refractivity contribution >= 4 is 22.6 Å². The minimum Gasteiger partial charge on any atom is -0.386 e. The van der Waals surface area contributed by atoms with Gasteiger partial charge in [0.1, 0.15) is 5.52 Å². The first-order chi connectivity index (χ1) is 14.5. The molecule has 156 valence electrons. The second-order valence-corrected chi connectivity index (χ2v) is 8.01. The molecular formula is C23H27N5O2. The number of nitrogens with zero attached hydrogens (tertiary/aromatic N) is 4. The number of aromatic nitrogens is 2. The summed E-state index contributed by atoms with van der Waals surface area (Å²) >= 11 is 0. The molecule has 1 aromatic carbocycles. The number of carbonyl (C=O) groups is 1. The molecule has 0 saturated carbocycles. The number of amides is 1. The summed E-state index contributed by atoms with van der Waals surface area (Å²) in [5.74, 6) is -0.111. The first-order valence-corrected chi connectivity index (χ1v) is 10.2. The average molecular weight is 406 g/mol. The van der Waals surface area contributed by atoms with Crippen molar-refractivity contribution in [2.45, 2.75) is 25.0 Å². The average Bonchev–Trinajstić information content (AvgIpc) is 2.78. The van der Waals surface area contributed by atoms with E-state index >= 15 is 0 Å². The van der Waals surface area contributed by atoms with Gasteiger partial charge in [0.2, 0.25) is 0 Å². The molecule has 3 heterocycles. The van der Waals surface area contributed by atoms with Gasteiger partial charge in [0.05, 0.1) is 23.3 Å². The highest BCUT2D eigenvalue weighted by Crippen LogP contribution is 2.30. The second kappa shape index (κ2) is 8.38. The highest BCUT2D eigenvalue weighted by atomic mass is 16.3. The molecule has 0 aliphatic carbocycles. The van der Waals surface area contributed by atoms with Gasteiger partial charge >= 0.3 is 0 Å². The standard InChI is InChI=1S/C23H27N5O2/c1-27(22(29)18-7-5-17(14-24)6-8-18)15-23(30)10-3-13-28(16-23)20-9-12-25-19-4-2-11-26-21(19)20/h2,4-9,11-12,30H,3,10,13-16,24H2,1H3/t23-/m1/s1. The van der Waals surface area contributed by atoms with Crippen molar-refractivity contribution in [3.63, 3.8) is 0 Å². The number of pyridine rings is 2. The van der Waals surface area contributed by atoms with E-state index in [2.05, 4.69) is 14.9 Å². The SMILES string of the molecule is CN(C[C@]1(O)CCCN(c2ccnc3cccnc23)C1)C(=O)c1ccc(CN)cc1. The maximum Gasteiger partial charge on any atom is 0.253 e. The maximum atomic E-state index is 12.8. The highest BCUT2D eigenvalue weighted by molar-refractivity contribution is 5.94. The molecule has 4 rings (SSSR count). The molecule has 3 N–H and O–H groups in total. The smallest absolute Gasteiger partial charge is 0.253 e. The van der Waals surface area contributed by atoms with Gasteiger partial charge in [-0.3, -0.25) is 14.8 Å². The van der Waals surface area contributed by atoms with E-state index in [0.29, 0.717) is 25.1 Å². The Kier molecular flexibility index (Phi) is 5.65. The number of hydrogen-bond acceptors (Lipinski definition) is 6. The predicted octanol–water partition coefficient (Wildman–Crippen LogP) is 2.19. The summed E-state index contributed by atoms with van der Waals surface area (Å²) in [6.07, 6.45) is 5.00. The summed E-state index contributed by atoms with van der Waals surface area (Å²) in [6.45, 7) is 1.97. The number of nitrogens with two attached hydrogens (primary N) is 1. The van der Waals surface area contributed by atoms with E-state index in [1.807, 2.05) is 30.3 Å². The van der Waals surface area contributed by atoms with Crippen LogP contribution in [0.3, 0.4) is 0 Å². The van der Waals surface area contributed by atoms with Gasteiger partial charge in [-0.15, -0.1) is 0 Å². The van der Waals surface area contributed by atoms with E-state index in [-0.39, 0.29) is 12.5 Å². The third-order valence-corrected chi connectivity index (χ3v) is 5.69. The van der Waals surface area contributed by atoms with Crippen molar-refractivity contribution in [1.29, 1.82) is 0 Å². The summed E-state index contributed by atoms with van der Waals surface area (Å²) in [5.41, 5.74) is 8.83. The highest BCUT2D eigenvalue weighted by Gasteiger charge is 2.36. The third kappa shape index (κ3) is 4.13. The van der Waals surface area contributed by atoms with Gasteiger partial charge in [-0.25, -0.2) is 0 Å². The number of rotatable bonds is 5. The van der Waals surface area contributed by atoms with Crippen LogP contribution >= 0.6 is 0 Å². The molecule has 1 fully saturated rings. The molecule has 1 aliphatic rings. The van der Waals surface area contributed by atoms with E-state index < -0.39 is 5.60 Å². The number of anilines is 1. The summed E-state index contributed by atoms with van der Waals surface area (Å²) in [6, 6.07) is 13.0. The normalized spacial score (nSPS) is 19.1. The van der Waals surface area contributed by atoms with Crippen LogP contribution in [0.2, 0.25) is 0 Å². The van der Waals surface area contributed by atoms with Crippen LogP contribution in [0, 0.1) is 0 Å². The molecule has 1 amide bonds. The van der Waals surface area contributed by atoms with E-state index in [1.54, 1.807) is 36.5 Å². The van der Waals surface area contributed by atoms with Gasteiger partial charge in [0.25, 0.3) is 5.91 Å². The first kappa shape index (κ1) is 20.3. The van der Waals surface area contributed by atoms with Gasteiger partial charge in [-0.1, -0.05) is 12.1 Å². The zero-order valence-corrected chi connectivity index (χ0v) is 17.2. The molecule has 2 aromatic heterocycles. The number of benzene rings is 1. The fraction of sp³-hybridized carbons (Fsp3) is 0.348. The monoisotopic (exact) mass is 405 g/mol. The molecule has 30 heavy (non-hydrogen) atoms. The Bertz CT molecular complexity index is 1030. The lowest BCUT2D eigenvalue weighted by molar-refractivity contribution is 0.0000625. The van der Waals surface area contributed by atoms with Crippen LogP contribution in [0.25, 0.3) is 11.0 Å². The minimum absolute atomic E-state index is 0.111. The largest absolute Gasteiger partial charge is 0.386 e. The van der Waals surface area contributed by atoms with E-state index in [1.165, 1.54) is 0 Å². The Morgan fingerprint density at radius 2 is 2.00 bits per heavy atom.